The van der Waals surface area contributed by atoms with Crippen molar-refractivity contribution in [2.45, 2.75) is 347 Å². The normalized spacial score (nSPS) is 14.7. The van der Waals surface area contributed by atoms with E-state index in [-0.39, 0.29) is 19.3 Å². The van der Waals surface area contributed by atoms with E-state index in [2.05, 4.69) is 167 Å². The Kier molecular flexibility index (Phi) is 75.6. The first-order valence-electron chi connectivity index (χ1n) is 41.1. The molecule has 0 bridgehead atoms. The Balaban J connectivity index is 4.49. The van der Waals surface area contributed by atoms with E-state index < -0.39 is 91.5 Å². The molecule has 18 heteroatoms. The summed E-state index contributed by atoms with van der Waals surface area (Å²) in [6.07, 6.45) is 97.6. The lowest BCUT2D eigenvalue weighted by atomic mass is 10.0. The van der Waals surface area contributed by atoms with Gasteiger partial charge in [0, 0.05) is 19.3 Å². The van der Waals surface area contributed by atoms with E-state index in [1.807, 2.05) is 0 Å². The van der Waals surface area contributed by atoms with Crippen LogP contribution in [0.4, 0.5) is 0 Å². The molecule has 0 aliphatic carbocycles. The average molecular weight is 1510 g/mol. The van der Waals surface area contributed by atoms with E-state index in [0.29, 0.717) is 19.3 Å². The number of phosphoric ester groups is 2. The van der Waals surface area contributed by atoms with E-state index in [9.17, 15) is 43.5 Å². The summed E-state index contributed by atoms with van der Waals surface area (Å²) in [4.78, 5) is 58.7. The van der Waals surface area contributed by atoms with Gasteiger partial charge in [-0.1, -0.05) is 314 Å². The summed E-state index contributed by atoms with van der Waals surface area (Å²) in [6, 6.07) is 0. The number of phosphoric acid groups is 2. The Morgan fingerprint density at radius 1 is 0.276 bits per heavy atom. The van der Waals surface area contributed by atoms with E-state index in [4.69, 9.17) is 32.3 Å². The smallest absolute Gasteiger partial charge is 0.463 e. The highest BCUT2D eigenvalue weighted by atomic mass is 31.2. The molecule has 0 aromatic heterocycles. The lowest BCUT2D eigenvalue weighted by molar-refractivity contribution is -0.161. The summed E-state index contributed by atoms with van der Waals surface area (Å²) in [6.45, 7) is 2.39. The Bertz CT molecular complexity index is 2490. The molecule has 0 aromatic rings. The van der Waals surface area contributed by atoms with Gasteiger partial charge in [-0.3, -0.25) is 32.5 Å². The highest BCUT2D eigenvalue weighted by Crippen LogP contribution is 2.45. The molecule has 105 heavy (non-hydrogen) atoms. The first-order chi connectivity index (χ1) is 51.2. The molecule has 0 aromatic carbocycles. The van der Waals surface area contributed by atoms with Crippen LogP contribution in [0.1, 0.15) is 329 Å². The van der Waals surface area contributed by atoms with Crippen LogP contribution in [0.25, 0.3) is 0 Å². The van der Waals surface area contributed by atoms with Crippen LogP contribution in [0.2, 0.25) is 0 Å². The number of rotatable bonds is 77. The quantitative estimate of drug-likeness (QED) is 0.0146. The Hall–Kier alpha value is -4.57. The third-order valence-electron chi connectivity index (χ3n) is 17.0. The van der Waals surface area contributed by atoms with Crippen LogP contribution < -0.4 is 0 Å². The van der Waals surface area contributed by atoms with Gasteiger partial charge in [0.05, 0.1) is 26.4 Å². The third kappa shape index (κ3) is 80.3. The maximum atomic E-state index is 13.0. The molecule has 5 unspecified atom stereocenters. The van der Waals surface area contributed by atoms with Gasteiger partial charge in [0.2, 0.25) is 0 Å². The maximum absolute atomic E-state index is 13.0. The number of hydrogen-bond acceptors (Lipinski definition) is 14. The molecule has 5 atom stereocenters. The Morgan fingerprint density at radius 3 is 0.800 bits per heavy atom. The SMILES string of the molecule is CC/C=C\C/C=C\C/C=C\C/C=C\CCCCCCCCC(=O)OCC(COP(=O)(O)OCC(O)COP(=O)(O)OCC(O)COC(=O)CCCCCCCCCCCCCCCCCCC/C=C\C/C=C\C/C=C\C/C=C\CCCCC)OC(=O)CCCCCC/C=C\C/C=C\C/C=C\C/C=C\CC. The zero-order chi connectivity index (χ0) is 76.6. The summed E-state index contributed by atoms with van der Waals surface area (Å²) >= 11 is 0. The summed E-state index contributed by atoms with van der Waals surface area (Å²) in [5.74, 6) is -1.62. The second kappa shape index (κ2) is 79.0. The average Bonchev–Trinajstić information content (AvgIpc) is 0.915. The van der Waals surface area contributed by atoms with Crippen molar-refractivity contribution in [3.05, 3.63) is 146 Å². The number of ether oxygens (including phenoxy) is 3. The van der Waals surface area contributed by atoms with Crippen molar-refractivity contribution in [2.24, 2.45) is 0 Å². The number of aliphatic hydroxyl groups is 2. The minimum Gasteiger partial charge on any atom is -0.463 e. The van der Waals surface area contributed by atoms with Gasteiger partial charge in [-0.2, -0.15) is 0 Å². The summed E-state index contributed by atoms with van der Waals surface area (Å²) in [7, 11) is -9.81. The second-order valence-corrected chi connectivity index (χ2v) is 30.1. The molecule has 0 saturated heterocycles. The molecule has 0 amide bonds. The van der Waals surface area contributed by atoms with Crippen molar-refractivity contribution in [1.82, 2.24) is 0 Å². The van der Waals surface area contributed by atoms with Gasteiger partial charge in [-0.15, -0.1) is 0 Å². The molecular formula is C87H148O16P2. The van der Waals surface area contributed by atoms with Crippen LogP contribution in [0.5, 0.6) is 0 Å². The molecule has 0 aliphatic rings. The molecule has 0 saturated carbocycles. The highest BCUT2D eigenvalue weighted by molar-refractivity contribution is 7.47. The van der Waals surface area contributed by atoms with Gasteiger partial charge in [-0.05, 0) is 141 Å². The maximum Gasteiger partial charge on any atom is 0.472 e. The predicted molar refractivity (Wildman–Crippen MR) is 436 cm³/mol. The van der Waals surface area contributed by atoms with Crippen LogP contribution in [-0.4, -0.2) is 95.9 Å². The van der Waals surface area contributed by atoms with Crippen LogP contribution >= 0.6 is 15.6 Å². The zero-order valence-electron chi connectivity index (χ0n) is 65.9. The van der Waals surface area contributed by atoms with Crippen LogP contribution in [0, 0.1) is 0 Å². The number of unbranched alkanes of at least 4 members (excludes halogenated alkanes) is 30. The molecule has 602 valence electrons. The lowest BCUT2D eigenvalue weighted by Gasteiger charge is -2.21. The van der Waals surface area contributed by atoms with Gasteiger partial charge in [0.25, 0.3) is 0 Å². The van der Waals surface area contributed by atoms with Crippen molar-refractivity contribution in [1.29, 1.82) is 0 Å². The number of esters is 3. The standard InChI is InChI=1S/C87H148O16P2/c1-4-7-10-13-16-19-22-25-28-31-33-34-35-36-37-38-39-40-41-42-43-44-45-46-48-51-52-55-58-61-64-67-70-73-85(90)97-76-82(88)77-99-104(93,94)100-78-83(89)79-101-105(95,96)102-81-84(103-87(92)75-72-69-66-63-60-57-54-49-30-27-24-21-18-15-12-9-6-3)80-98-86(91)74-71-68-65-62-59-56-53-50-47-32-29-26-23-20-17-14-11-8-5-2/h8-9,11-12,16-21,25-30,33-34,36-37,47,50,54,57,82-84,88-89H,4-7,10,13-15,22-24,31-32,35,38-46,48-49,51-53,55-56,58-81H2,1-3H3,(H,93,94)(H,95,96)/b11-8-,12-9-,19-16-,20-17-,21-18-,28-25-,29-26-,30-27-,34-33-,37-36-,50-47-,57-54-. The van der Waals surface area contributed by atoms with Gasteiger partial charge in [-0.25, -0.2) is 9.13 Å². The topological polar surface area (TPSA) is 231 Å². The van der Waals surface area contributed by atoms with Gasteiger partial charge in [0.15, 0.2) is 6.10 Å². The van der Waals surface area contributed by atoms with E-state index in [0.717, 1.165) is 154 Å². The molecule has 0 heterocycles. The molecule has 0 aliphatic heterocycles. The summed E-state index contributed by atoms with van der Waals surface area (Å²) in [5.41, 5.74) is 0. The fourth-order valence-electron chi connectivity index (χ4n) is 10.8. The first-order valence-corrected chi connectivity index (χ1v) is 44.1. The monoisotopic (exact) mass is 1510 g/mol. The highest BCUT2D eigenvalue weighted by Gasteiger charge is 2.29. The molecule has 4 N–H and O–H groups in total. The number of carbonyl (C=O) groups is 3. The zero-order valence-corrected chi connectivity index (χ0v) is 67.6. The summed E-state index contributed by atoms with van der Waals surface area (Å²) in [5, 5.41) is 20.7. The summed E-state index contributed by atoms with van der Waals surface area (Å²) < 4.78 is 61.2. The van der Waals surface area contributed by atoms with Crippen molar-refractivity contribution < 1.29 is 75.8 Å². The first kappa shape index (κ1) is 100. The third-order valence-corrected chi connectivity index (χ3v) is 18.9. The van der Waals surface area contributed by atoms with Gasteiger partial charge in [0.1, 0.15) is 25.4 Å². The fourth-order valence-corrected chi connectivity index (χ4v) is 12.4. The predicted octanol–water partition coefficient (Wildman–Crippen LogP) is 24.4. The van der Waals surface area contributed by atoms with E-state index >= 15 is 0 Å². The second-order valence-electron chi connectivity index (χ2n) is 27.2. The largest absolute Gasteiger partial charge is 0.472 e. The van der Waals surface area contributed by atoms with Crippen LogP contribution in [0.15, 0.2) is 146 Å². The fraction of sp³-hybridized carbons (Fsp3) is 0.690. The molecule has 0 rings (SSSR count). The Labute approximate surface area is 638 Å². The van der Waals surface area contributed by atoms with Crippen molar-refractivity contribution in [3.8, 4) is 0 Å². The number of carbonyl (C=O) groups excluding carboxylic acids is 3. The Morgan fingerprint density at radius 2 is 0.505 bits per heavy atom. The van der Waals surface area contributed by atoms with Crippen molar-refractivity contribution in [2.75, 3.05) is 39.6 Å². The van der Waals surface area contributed by atoms with E-state index in [1.165, 1.54) is 116 Å². The molecule has 16 nitrogen and oxygen atoms in total. The van der Waals surface area contributed by atoms with E-state index in [1.54, 1.807) is 0 Å². The van der Waals surface area contributed by atoms with Gasteiger partial charge < -0.3 is 34.2 Å². The van der Waals surface area contributed by atoms with Crippen LogP contribution in [0.3, 0.4) is 0 Å². The minimum absolute atomic E-state index is 0.0693. The van der Waals surface area contributed by atoms with Crippen molar-refractivity contribution >= 4 is 33.6 Å². The number of hydrogen-bond donors (Lipinski definition) is 4. The number of aliphatic hydroxyl groups excluding tert-OH is 2. The molecule has 0 fully saturated rings. The minimum atomic E-state index is -4.95. The lowest BCUT2D eigenvalue weighted by Crippen LogP contribution is -2.30. The molecule has 0 spiro atoms. The van der Waals surface area contributed by atoms with Crippen LogP contribution in [-0.2, 0) is 55.8 Å². The van der Waals surface area contributed by atoms with Crippen molar-refractivity contribution in [3.63, 3.8) is 0 Å². The molecule has 0 radical (unpaired) electrons. The molecular weight excluding hydrogens is 1360 g/mol. The number of allylic oxidation sites excluding steroid dienone is 24. The van der Waals surface area contributed by atoms with Gasteiger partial charge >= 0.3 is 33.6 Å².